The Hall–Kier alpha value is -1.40. The van der Waals surface area contributed by atoms with E-state index in [2.05, 4.69) is 0 Å². The van der Waals surface area contributed by atoms with E-state index < -0.39 is 20.7 Å². The average Bonchev–Trinajstić information content (AvgIpc) is 2.39. The molecule has 0 spiro atoms. The van der Waals surface area contributed by atoms with Crippen molar-refractivity contribution in [2.75, 3.05) is 6.61 Å². The molecule has 0 fully saturated rings. The van der Waals surface area contributed by atoms with E-state index in [1.807, 2.05) is 13.8 Å². The first-order valence-electron chi connectivity index (χ1n) is 6.44. The Balaban J connectivity index is 3.00. The number of rotatable bonds is 6. The van der Waals surface area contributed by atoms with Crippen molar-refractivity contribution < 1.29 is 23.1 Å². The van der Waals surface area contributed by atoms with E-state index in [-0.39, 0.29) is 11.5 Å². The molecule has 0 amide bonds. The topological polar surface area (TPSA) is 80.7 Å². The molecule has 0 aromatic heterocycles. The second kappa shape index (κ2) is 6.37. The first kappa shape index (κ1) is 16.7. The molecule has 5 nitrogen and oxygen atoms in total. The Labute approximate surface area is 119 Å². The molecule has 0 saturated carbocycles. The van der Waals surface area contributed by atoms with Crippen molar-refractivity contribution in [1.29, 1.82) is 0 Å². The highest BCUT2D eigenvalue weighted by Gasteiger charge is 2.47. The number of aryl methyl sites for hydroxylation is 1. The van der Waals surface area contributed by atoms with E-state index in [9.17, 15) is 18.3 Å². The van der Waals surface area contributed by atoms with Gasteiger partial charge in [-0.3, -0.25) is 0 Å². The number of carbonyl (C=O) groups excluding carboxylic acids is 1. The third-order valence-electron chi connectivity index (χ3n) is 2.96. The van der Waals surface area contributed by atoms with Crippen molar-refractivity contribution in [3.05, 3.63) is 29.8 Å². The minimum absolute atomic E-state index is 0.0922. The minimum atomic E-state index is -4.21. The van der Waals surface area contributed by atoms with Gasteiger partial charge in [0.15, 0.2) is 0 Å². The SMILES string of the molecule is CCCCOC(=O)C(C)(O)S(=O)(=O)c1ccc(C)cc1. The largest absolute Gasteiger partial charge is 0.463 e. The summed E-state index contributed by atoms with van der Waals surface area (Å²) in [7, 11) is -4.21. The van der Waals surface area contributed by atoms with Crippen molar-refractivity contribution in [1.82, 2.24) is 0 Å². The maximum Gasteiger partial charge on any atom is 0.354 e. The molecule has 1 aromatic carbocycles. The van der Waals surface area contributed by atoms with Gasteiger partial charge in [0.25, 0.3) is 4.93 Å². The molecular weight excluding hydrogens is 280 g/mol. The molecule has 0 saturated heterocycles. The number of unbranched alkanes of at least 4 members (excludes halogenated alkanes) is 1. The van der Waals surface area contributed by atoms with E-state index >= 15 is 0 Å². The molecule has 1 aromatic rings. The van der Waals surface area contributed by atoms with Gasteiger partial charge < -0.3 is 9.84 Å². The van der Waals surface area contributed by atoms with Gasteiger partial charge in [-0.2, -0.15) is 0 Å². The highest BCUT2D eigenvalue weighted by molar-refractivity contribution is 7.93. The molecule has 0 heterocycles. The van der Waals surface area contributed by atoms with Gasteiger partial charge in [-0.05, 0) is 32.4 Å². The van der Waals surface area contributed by atoms with Crippen LogP contribution in [0.1, 0.15) is 32.3 Å². The van der Waals surface area contributed by atoms with E-state index in [4.69, 9.17) is 4.74 Å². The van der Waals surface area contributed by atoms with Crippen LogP contribution in [0.4, 0.5) is 0 Å². The molecule has 20 heavy (non-hydrogen) atoms. The fraction of sp³-hybridized carbons (Fsp3) is 0.500. The Kier molecular flexibility index (Phi) is 5.30. The van der Waals surface area contributed by atoms with Crippen molar-refractivity contribution in [3.8, 4) is 0 Å². The number of carbonyl (C=O) groups is 1. The Bertz CT molecular complexity index is 558. The van der Waals surface area contributed by atoms with Crippen molar-refractivity contribution in [2.24, 2.45) is 0 Å². The van der Waals surface area contributed by atoms with Gasteiger partial charge in [0.05, 0.1) is 11.5 Å². The summed E-state index contributed by atoms with van der Waals surface area (Å²) in [6.45, 7) is 4.76. The summed E-state index contributed by atoms with van der Waals surface area (Å²) in [6.07, 6.45) is 1.42. The van der Waals surface area contributed by atoms with Gasteiger partial charge in [-0.15, -0.1) is 0 Å². The van der Waals surface area contributed by atoms with Crippen LogP contribution in [0.25, 0.3) is 0 Å². The summed E-state index contributed by atoms with van der Waals surface area (Å²) in [5, 5.41) is 10.1. The minimum Gasteiger partial charge on any atom is -0.463 e. The average molecular weight is 300 g/mol. The van der Waals surface area contributed by atoms with E-state index in [1.165, 1.54) is 12.1 Å². The molecule has 1 unspecified atom stereocenters. The molecule has 0 radical (unpaired) electrons. The van der Waals surface area contributed by atoms with Gasteiger partial charge in [0.1, 0.15) is 0 Å². The molecular formula is C14H20O5S. The number of esters is 1. The standard InChI is InChI=1S/C14H20O5S/c1-4-5-10-19-13(15)14(3,16)20(17,18)12-8-6-11(2)7-9-12/h6-9,16H,4-5,10H2,1-3H3. The first-order chi connectivity index (χ1) is 9.23. The van der Waals surface area contributed by atoms with Gasteiger partial charge in [-0.25, -0.2) is 13.2 Å². The fourth-order valence-electron chi connectivity index (χ4n) is 1.50. The third kappa shape index (κ3) is 3.37. The third-order valence-corrected chi connectivity index (χ3v) is 5.07. The lowest BCUT2D eigenvalue weighted by molar-refractivity contribution is -0.155. The second-order valence-corrected chi connectivity index (χ2v) is 7.06. The molecule has 0 aliphatic heterocycles. The van der Waals surface area contributed by atoms with Crippen LogP contribution in [-0.2, 0) is 19.4 Å². The predicted molar refractivity (Wildman–Crippen MR) is 74.9 cm³/mol. The maximum absolute atomic E-state index is 12.3. The highest BCUT2D eigenvalue weighted by atomic mass is 32.2. The lowest BCUT2D eigenvalue weighted by atomic mass is 10.2. The first-order valence-corrected chi connectivity index (χ1v) is 7.92. The molecule has 1 atom stereocenters. The molecule has 112 valence electrons. The zero-order chi connectivity index (χ0) is 15.4. The fourth-order valence-corrected chi connectivity index (χ4v) is 2.73. The van der Waals surface area contributed by atoms with Crippen molar-refractivity contribution in [2.45, 2.75) is 43.4 Å². The van der Waals surface area contributed by atoms with E-state index in [0.717, 1.165) is 18.9 Å². The number of ether oxygens (including phenoxy) is 1. The van der Waals surface area contributed by atoms with Crippen LogP contribution in [0.3, 0.4) is 0 Å². The van der Waals surface area contributed by atoms with E-state index in [1.54, 1.807) is 12.1 Å². The van der Waals surface area contributed by atoms with Crippen LogP contribution in [0.2, 0.25) is 0 Å². The molecule has 0 aliphatic rings. The summed E-state index contributed by atoms with van der Waals surface area (Å²) in [4.78, 5) is 9.08. The lowest BCUT2D eigenvalue weighted by Gasteiger charge is -2.21. The second-order valence-electron chi connectivity index (χ2n) is 4.79. The summed E-state index contributed by atoms with van der Waals surface area (Å²) in [5.74, 6) is -1.15. The monoisotopic (exact) mass is 300 g/mol. The van der Waals surface area contributed by atoms with Crippen LogP contribution in [0, 0.1) is 6.92 Å². The van der Waals surface area contributed by atoms with Crippen molar-refractivity contribution in [3.63, 3.8) is 0 Å². The van der Waals surface area contributed by atoms with Gasteiger partial charge in [-0.1, -0.05) is 31.0 Å². The molecule has 0 aliphatic carbocycles. The smallest absolute Gasteiger partial charge is 0.354 e. The Morgan fingerprint density at radius 2 is 1.85 bits per heavy atom. The maximum atomic E-state index is 12.3. The quantitative estimate of drug-likeness (QED) is 0.640. The zero-order valence-corrected chi connectivity index (χ0v) is 12.7. The molecule has 1 rings (SSSR count). The number of benzene rings is 1. The number of hydrogen-bond acceptors (Lipinski definition) is 5. The Morgan fingerprint density at radius 3 is 2.35 bits per heavy atom. The Morgan fingerprint density at radius 1 is 1.30 bits per heavy atom. The number of hydrogen-bond donors (Lipinski definition) is 1. The predicted octanol–water partition coefficient (Wildman–Crippen LogP) is 1.82. The normalized spacial score (nSPS) is 14.6. The molecule has 6 heteroatoms. The van der Waals surface area contributed by atoms with Gasteiger partial charge >= 0.3 is 5.97 Å². The lowest BCUT2D eigenvalue weighted by Crippen LogP contribution is -2.44. The summed E-state index contributed by atoms with van der Waals surface area (Å²) >= 11 is 0. The summed E-state index contributed by atoms with van der Waals surface area (Å²) in [6, 6.07) is 5.92. The van der Waals surface area contributed by atoms with Crippen LogP contribution in [0.15, 0.2) is 29.2 Å². The van der Waals surface area contributed by atoms with Crippen LogP contribution in [0.5, 0.6) is 0 Å². The summed E-state index contributed by atoms with van der Waals surface area (Å²) in [5.41, 5.74) is 0.883. The van der Waals surface area contributed by atoms with Gasteiger partial charge in [0, 0.05) is 0 Å². The number of aliphatic hydroxyl groups is 1. The van der Waals surface area contributed by atoms with Crippen LogP contribution >= 0.6 is 0 Å². The number of sulfone groups is 1. The zero-order valence-electron chi connectivity index (χ0n) is 11.9. The van der Waals surface area contributed by atoms with E-state index in [0.29, 0.717) is 6.42 Å². The summed E-state index contributed by atoms with van der Waals surface area (Å²) < 4.78 is 29.4. The molecule has 1 N–H and O–H groups in total. The molecule has 0 bridgehead atoms. The van der Waals surface area contributed by atoms with Gasteiger partial charge in [0.2, 0.25) is 9.84 Å². The van der Waals surface area contributed by atoms with Crippen LogP contribution < -0.4 is 0 Å². The highest BCUT2D eigenvalue weighted by Crippen LogP contribution is 2.25. The van der Waals surface area contributed by atoms with Crippen LogP contribution in [-0.4, -0.2) is 31.0 Å². The van der Waals surface area contributed by atoms with Crippen molar-refractivity contribution >= 4 is 15.8 Å².